The number of methoxy groups -OCH3 is 1. The molecule has 0 bridgehead atoms. The van der Waals surface area contributed by atoms with Crippen LogP contribution in [0.25, 0.3) is 0 Å². The molecule has 2 aliphatic heterocycles. The minimum Gasteiger partial charge on any atom is -0.469 e. The van der Waals surface area contributed by atoms with Gasteiger partial charge in [-0.1, -0.05) is 23.7 Å². The van der Waals surface area contributed by atoms with E-state index in [2.05, 4.69) is 5.10 Å². The summed E-state index contributed by atoms with van der Waals surface area (Å²) in [5, 5.41) is 4.95. The molecule has 1 amide bonds. The van der Waals surface area contributed by atoms with Crippen LogP contribution >= 0.6 is 11.6 Å². The van der Waals surface area contributed by atoms with Gasteiger partial charge in [0, 0.05) is 12.6 Å². The average molecular weight is 514 g/mol. The summed E-state index contributed by atoms with van der Waals surface area (Å²) in [6.45, 7) is 3.74. The van der Waals surface area contributed by atoms with Gasteiger partial charge in [-0.3, -0.25) is 9.59 Å². The molecular formula is C24H24ClF4N3O3. The third kappa shape index (κ3) is 4.22. The molecular weight excluding hydrogens is 490 g/mol. The van der Waals surface area contributed by atoms with Crippen LogP contribution in [0.15, 0.2) is 46.9 Å². The van der Waals surface area contributed by atoms with Gasteiger partial charge in [0.05, 0.1) is 40.3 Å². The number of allylic oxidation sites excluding steroid dienone is 2. The monoisotopic (exact) mass is 513 g/mol. The summed E-state index contributed by atoms with van der Waals surface area (Å²) in [6.07, 6.45) is -1.06. The first-order valence-electron chi connectivity index (χ1n) is 11.1. The quantitative estimate of drug-likeness (QED) is 0.395. The molecule has 0 radical (unpaired) electrons. The highest BCUT2D eigenvalue weighted by Gasteiger charge is 2.52. The van der Waals surface area contributed by atoms with E-state index in [1.165, 1.54) is 25.3 Å². The molecule has 0 saturated carbocycles. The lowest BCUT2D eigenvalue weighted by atomic mass is 9.82. The fourth-order valence-electron chi connectivity index (χ4n) is 5.05. The number of likely N-dealkylation sites (tertiary alicyclic amines) is 1. The molecule has 1 saturated heterocycles. The molecule has 11 heteroatoms. The van der Waals surface area contributed by atoms with Gasteiger partial charge in [0.2, 0.25) is 0 Å². The SMILES string of the molecule is COC(=O)C1CCN(C2=NN(C(=O)c3c(Cl)cccc3C(F)(F)F)C3(C)CC=CC(F)=C23)C(C)C1. The number of amides is 1. The van der Waals surface area contributed by atoms with Gasteiger partial charge in [-0.15, -0.1) is 0 Å². The van der Waals surface area contributed by atoms with Crippen LogP contribution in [0.1, 0.15) is 49.0 Å². The largest absolute Gasteiger partial charge is 0.469 e. The number of esters is 1. The summed E-state index contributed by atoms with van der Waals surface area (Å²) in [5.41, 5.74) is -3.16. The van der Waals surface area contributed by atoms with E-state index in [-0.39, 0.29) is 40.8 Å². The maximum atomic E-state index is 15.2. The first-order chi connectivity index (χ1) is 16.4. The van der Waals surface area contributed by atoms with Crippen LogP contribution < -0.4 is 0 Å². The van der Waals surface area contributed by atoms with E-state index in [0.29, 0.717) is 19.4 Å². The van der Waals surface area contributed by atoms with Crippen molar-refractivity contribution in [3.63, 3.8) is 0 Å². The predicted octanol–water partition coefficient (Wildman–Crippen LogP) is 5.34. The molecule has 35 heavy (non-hydrogen) atoms. The molecule has 6 nitrogen and oxygen atoms in total. The average Bonchev–Trinajstić information content (AvgIpc) is 3.11. The van der Waals surface area contributed by atoms with Crippen molar-refractivity contribution >= 4 is 29.3 Å². The summed E-state index contributed by atoms with van der Waals surface area (Å²) in [4.78, 5) is 27.4. The van der Waals surface area contributed by atoms with Crippen LogP contribution in [-0.2, 0) is 15.7 Å². The second-order valence-corrected chi connectivity index (χ2v) is 9.50. The van der Waals surface area contributed by atoms with Crippen LogP contribution in [0.5, 0.6) is 0 Å². The Hall–Kier alpha value is -2.88. The van der Waals surface area contributed by atoms with Gasteiger partial charge >= 0.3 is 12.1 Å². The Bertz CT molecular complexity index is 1160. The number of piperidine rings is 1. The zero-order chi connectivity index (χ0) is 25.7. The molecule has 1 aromatic rings. The molecule has 3 unspecified atom stereocenters. The standard InChI is InChI=1S/C24H24ClF4N3O3/c1-13-12-14(22(34)35-3)9-11-31(13)20-19-17(26)8-5-10-23(19,2)32(30-20)21(33)18-15(24(27,28)29)6-4-7-16(18)25/h4-8,13-14H,9-12H2,1-3H3. The van der Waals surface area contributed by atoms with Crippen molar-refractivity contribution in [3.8, 4) is 0 Å². The molecule has 1 fully saturated rings. The molecule has 1 aliphatic carbocycles. The van der Waals surface area contributed by atoms with Crippen LogP contribution in [0.4, 0.5) is 17.6 Å². The highest BCUT2D eigenvalue weighted by atomic mass is 35.5. The number of hydrogen-bond donors (Lipinski definition) is 0. The van der Waals surface area contributed by atoms with Gasteiger partial charge in [-0.25, -0.2) is 9.40 Å². The smallest absolute Gasteiger partial charge is 0.417 e. The van der Waals surface area contributed by atoms with Crippen molar-refractivity contribution in [1.82, 2.24) is 9.91 Å². The van der Waals surface area contributed by atoms with Crippen molar-refractivity contribution in [2.24, 2.45) is 11.0 Å². The molecule has 3 aliphatic rings. The Morgan fingerprint density at radius 2 is 2.00 bits per heavy atom. The van der Waals surface area contributed by atoms with Crippen molar-refractivity contribution in [1.29, 1.82) is 0 Å². The summed E-state index contributed by atoms with van der Waals surface area (Å²) in [5.74, 6) is -2.20. The van der Waals surface area contributed by atoms with Crippen molar-refractivity contribution in [2.75, 3.05) is 13.7 Å². The number of benzene rings is 1. The third-order valence-corrected chi connectivity index (χ3v) is 7.17. The lowest BCUT2D eigenvalue weighted by Crippen LogP contribution is -2.49. The third-order valence-electron chi connectivity index (χ3n) is 6.85. The Labute approximate surface area is 204 Å². The van der Waals surface area contributed by atoms with Gasteiger partial charge in [0.15, 0.2) is 5.84 Å². The summed E-state index contributed by atoms with van der Waals surface area (Å²) in [7, 11) is 1.31. The number of fused-ring (bicyclic) bond motifs is 1. The number of ether oxygens (including phenoxy) is 1. The molecule has 1 aromatic carbocycles. The maximum absolute atomic E-state index is 15.2. The number of halogens is 5. The molecule has 188 valence electrons. The second-order valence-electron chi connectivity index (χ2n) is 9.09. The van der Waals surface area contributed by atoms with Crippen molar-refractivity contribution in [2.45, 2.75) is 50.9 Å². The Morgan fingerprint density at radius 1 is 1.29 bits per heavy atom. The van der Waals surface area contributed by atoms with Gasteiger partial charge in [0.25, 0.3) is 5.91 Å². The minimum atomic E-state index is -4.83. The fourth-order valence-corrected chi connectivity index (χ4v) is 5.31. The molecule has 2 heterocycles. The van der Waals surface area contributed by atoms with Gasteiger partial charge < -0.3 is 9.64 Å². The van der Waals surface area contributed by atoms with E-state index < -0.39 is 34.6 Å². The van der Waals surface area contributed by atoms with Crippen LogP contribution in [0.3, 0.4) is 0 Å². The van der Waals surface area contributed by atoms with E-state index in [0.717, 1.165) is 17.1 Å². The van der Waals surface area contributed by atoms with E-state index in [1.54, 1.807) is 11.8 Å². The molecule has 0 N–H and O–H groups in total. The molecule has 3 atom stereocenters. The van der Waals surface area contributed by atoms with Crippen molar-refractivity contribution < 1.29 is 31.9 Å². The number of amidine groups is 1. The van der Waals surface area contributed by atoms with E-state index in [4.69, 9.17) is 16.3 Å². The fraction of sp³-hybridized carbons (Fsp3) is 0.458. The highest BCUT2D eigenvalue weighted by Crippen LogP contribution is 2.45. The van der Waals surface area contributed by atoms with Crippen molar-refractivity contribution in [3.05, 3.63) is 57.9 Å². The van der Waals surface area contributed by atoms with Gasteiger partial charge in [0.1, 0.15) is 5.83 Å². The number of alkyl halides is 3. The zero-order valence-corrected chi connectivity index (χ0v) is 20.1. The number of carbonyl (C=O) groups is 2. The first-order valence-corrected chi connectivity index (χ1v) is 11.5. The normalized spacial score (nSPS) is 26.6. The number of nitrogens with zero attached hydrogens (tertiary/aromatic N) is 3. The Balaban J connectivity index is 1.78. The molecule has 0 spiro atoms. The second kappa shape index (κ2) is 8.96. The number of hydrogen-bond acceptors (Lipinski definition) is 5. The Kier molecular flexibility index (Phi) is 6.46. The van der Waals surface area contributed by atoms with Crippen LogP contribution in [-0.4, -0.2) is 52.9 Å². The van der Waals surface area contributed by atoms with Crippen LogP contribution in [0.2, 0.25) is 5.02 Å². The molecule has 4 rings (SSSR count). The first kappa shape index (κ1) is 25.2. The zero-order valence-electron chi connectivity index (χ0n) is 19.3. The highest BCUT2D eigenvalue weighted by molar-refractivity contribution is 6.34. The summed E-state index contributed by atoms with van der Waals surface area (Å²) < 4.78 is 61.2. The lowest BCUT2D eigenvalue weighted by Gasteiger charge is -2.39. The number of carbonyl (C=O) groups excluding carboxylic acids is 2. The van der Waals surface area contributed by atoms with E-state index in [1.807, 2.05) is 6.92 Å². The maximum Gasteiger partial charge on any atom is 0.417 e. The number of hydrazone groups is 1. The topological polar surface area (TPSA) is 62.2 Å². The predicted molar refractivity (Wildman–Crippen MR) is 121 cm³/mol. The Morgan fingerprint density at radius 3 is 2.63 bits per heavy atom. The minimum absolute atomic E-state index is 0.123. The van der Waals surface area contributed by atoms with E-state index in [9.17, 15) is 22.8 Å². The summed E-state index contributed by atoms with van der Waals surface area (Å²) >= 11 is 6.08. The molecule has 0 aromatic heterocycles. The van der Waals surface area contributed by atoms with Crippen LogP contribution in [0, 0.1) is 5.92 Å². The van der Waals surface area contributed by atoms with Gasteiger partial charge in [-0.2, -0.15) is 18.3 Å². The van der Waals surface area contributed by atoms with E-state index >= 15 is 4.39 Å². The summed E-state index contributed by atoms with van der Waals surface area (Å²) in [6, 6.07) is 2.83. The van der Waals surface area contributed by atoms with Gasteiger partial charge in [-0.05, 0) is 51.3 Å². The lowest BCUT2D eigenvalue weighted by molar-refractivity contribution is -0.147. The number of rotatable bonds is 2.